The van der Waals surface area contributed by atoms with E-state index in [0.29, 0.717) is 0 Å². The fraction of sp³-hybridized carbons (Fsp3) is 0.600. The van der Waals surface area contributed by atoms with Gasteiger partial charge in [0, 0.05) is 17.2 Å². The first-order valence-electron chi connectivity index (χ1n) is 16.2. The van der Waals surface area contributed by atoms with Crippen LogP contribution in [0.4, 0.5) is 0 Å². The predicted octanol–water partition coefficient (Wildman–Crippen LogP) is 6.58. The summed E-state index contributed by atoms with van der Waals surface area (Å²) in [6.45, 7) is 47.3. The SMILES string of the molecule is CC1=C(C)C(C)([PH2+]C2(C)C(C)=C(C)C(C)=C2C)C(C)=C1C.CC1=C(C)C(C)([PH2+]C2(C)C(C)=C(C)C(C)=C2C)C(C)=C1C.[Cl-].[Cl-]. The number of halogens is 2. The van der Waals surface area contributed by atoms with Gasteiger partial charge in [-0.1, -0.05) is 0 Å². The van der Waals surface area contributed by atoms with Crippen LogP contribution in [0.3, 0.4) is 0 Å². The largest absolute Gasteiger partial charge is 1.00 e. The molecule has 0 unspecified atom stereocenters. The van der Waals surface area contributed by atoms with Crippen LogP contribution < -0.4 is 24.8 Å². The smallest absolute Gasteiger partial charge is 0.116 e. The van der Waals surface area contributed by atoms with E-state index in [0.717, 1.165) is 0 Å². The highest BCUT2D eigenvalue weighted by Crippen LogP contribution is 2.64. The van der Waals surface area contributed by atoms with Crippen LogP contribution in [0.5, 0.6) is 0 Å². The molecule has 0 aromatic rings. The maximum atomic E-state index is 2.49. The molecule has 0 nitrogen and oxygen atoms in total. The second-order valence-electron chi connectivity index (χ2n) is 15.1. The van der Waals surface area contributed by atoms with Crippen molar-refractivity contribution in [2.75, 3.05) is 0 Å². The van der Waals surface area contributed by atoms with Crippen molar-refractivity contribution in [1.29, 1.82) is 0 Å². The Balaban J connectivity index is 0.000000421. The lowest BCUT2D eigenvalue weighted by molar-refractivity contribution is -0.00100. The highest BCUT2D eigenvalue weighted by Gasteiger charge is 2.53. The summed E-state index contributed by atoms with van der Waals surface area (Å²) in [4.78, 5) is 0. The molecule has 0 N–H and O–H groups in total. The Labute approximate surface area is 289 Å². The molecule has 4 heteroatoms. The molecule has 0 saturated carbocycles. The van der Waals surface area contributed by atoms with Crippen LogP contribution in [-0.2, 0) is 0 Å². The van der Waals surface area contributed by atoms with E-state index < -0.39 is 0 Å². The van der Waals surface area contributed by atoms with Crippen molar-refractivity contribution < 1.29 is 24.8 Å². The van der Waals surface area contributed by atoms with Crippen molar-refractivity contribution in [3.63, 3.8) is 0 Å². The van der Waals surface area contributed by atoms with Crippen molar-refractivity contribution in [2.45, 2.75) is 159 Å². The lowest BCUT2D eigenvalue weighted by Gasteiger charge is -2.34. The molecular weight excluding hydrogens is 613 g/mol. The van der Waals surface area contributed by atoms with Gasteiger partial charge in [0.2, 0.25) is 0 Å². The van der Waals surface area contributed by atoms with E-state index in [-0.39, 0.29) is 62.6 Å². The minimum Gasteiger partial charge on any atom is -1.00 e. The first-order chi connectivity index (χ1) is 19.0. The summed E-state index contributed by atoms with van der Waals surface area (Å²) in [6.07, 6.45) is 0. The van der Waals surface area contributed by atoms with Gasteiger partial charge in [-0.15, -0.1) is 0 Å². The predicted molar refractivity (Wildman–Crippen MR) is 200 cm³/mol. The molecule has 0 atom stereocenters. The third kappa shape index (κ3) is 5.85. The second-order valence-corrected chi connectivity index (χ2v) is 20.3. The zero-order valence-electron chi connectivity index (χ0n) is 31.9. The van der Waals surface area contributed by atoms with Crippen LogP contribution in [0.25, 0.3) is 0 Å². The molecule has 0 aromatic carbocycles. The molecule has 0 bridgehead atoms. The van der Waals surface area contributed by atoms with Crippen LogP contribution in [0.2, 0.25) is 0 Å². The monoisotopic (exact) mass is 676 g/mol. The van der Waals surface area contributed by atoms with Crippen LogP contribution in [0.15, 0.2) is 89.2 Å². The van der Waals surface area contributed by atoms with Crippen LogP contribution in [-0.4, -0.2) is 20.6 Å². The second kappa shape index (κ2) is 13.5. The molecule has 0 fully saturated rings. The van der Waals surface area contributed by atoms with Gasteiger partial charge < -0.3 is 24.8 Å². The zero-order chi connectivity index (χ0) is 32.7. The van der Waals surface area contributed by atoms with Gasteiger partial charge in [0.15, 0.2) is 0 Å². The summed E-state index contributed by atoms with van der Waals surface area (Å²) in [5.41, 5.74) is 25.1. The number of hydrogen-bond donors (Lipinski definition) is 0. The fourth-order valence-electron chi connectivity index (χ4n) is 8.51. The van der Waals surface area contributed by atoms with E-state index in [2.05, 4.69) is 138 Å². The summed E-state index contributed by atoms with van der Waals surface area (Å²) in [5, 5.41) is 1.15. The Hall–Kier alpha value is -0.640. The Bertz CT molecular complexity index is 1190. The molecule has 0 saturated heterocycles. The van der Waals surface area contributed by atoms with Gasteiger partial charge in [-0.2, -0.15) is 0 Å². The van der Waals surface area contributed by atoms with Gasteiger partial charge >= 0.3 is 0 Å². The molecule has 44 heavy (non-hydrogen) atoms. The average molecular weight is 678 g/mol. The topological polar surface area (TPSA) is 0 Å². The molecule has 0 aromatic heterocycles. The van der Waals surface area contributed by atoms with E-state index in [1.165, 1.54) is 44.6 Å². The van der Waals surface area contributed by atoms with Crippen LogP contribution in [0.1, 0.15) is 138 Å². The van der Waals surface area contributed by atoms with Gasteiger partial charge in [0.25, 0.3) is 0 Å². The number of allylic oxidation sites excluding steroid dienone is 16. The highest BCUT2D eigenvalue weighted by atomic mass is 35.5. The first kappa shape index (κ1) is 41.4. The van der Waals surface area contributed by atoms with Gasteiger partial charge in [-0.25, -0.2) is 0 Å². The Morgan fingerprint density at radius 3 is 0.432 bits per heavy atom. The summed E-state index contributed by atoms with van der Waals surface area (Å²) in [5.74, 6) is 0. The molecule has 0 aliphatic heterocycles. The average Bonchev–Trinajstić information content (AvgIpc) is 3.32. The van der Waals surface area contributed by atoms with Crippen molar-refractivity contribution in [3.8, 4) is 0 Å². The van der Waals surface area contributed by atoms with Crippen LogP contribution in [0, 0.1) is 0 Å². The fourth-order valence-corrected chi connectivity index (χ4v) is 14.3. The first-order valence-corrected chi connectivity index (χ1v) is 18.5. The van der Waals surface area contributed by atoms with E-state index in [1.54, 1.807) is 44.6 Å². The summed E-state index contributed by atoms with van der Waals surface area (Å²) in [7, 11) is 0.502. The van der Waals surface area contributed by atoms with Gasteiger partial charge in [-0.3, -0.25) is 0 Å². The zero-order valence-corrected chi connectivity index (χ0v) is 35.7. The molecule has 4 rings (SSSR count). The van der Waals surface area contributed by atoms with Crippen molar-refractivity contribution in [1.82, 2.24) is 0 Å². The quantitative estimate of drug-likeness (QED) is 0.295. The third-order valence-corrected chi connectivity index (χ3v) is 19.9. The Morgan fingerprint density at radius 2 is 0.341 bits per heavy atom. The van der Waals surface area contributed by atoms with E-state index in [1.807, 2.05) is 0 Å². The molecule has 4 aliphatic rings. The number of rotatable bonds is 4. The minimum absolute atomic E-state index is 0. The summed E-state index contributed by atoms with van der Waals surface area (Å²) < 4.78 is 0. The van der Waals surface area contributed by atoms with Gasteiger partial charge in [-0.05, 0) is 228 Å². The molecule has 0 spiro atoms. The van der Waals surface area contributed by atoms with E-state index in [9.17, 15) is 0 Å². The molecule has 0 amide bonds. The van der Waals surface area contributed by atoms with Gasteiger partial charge in [0.1, 0.15) is 20.6 Å². The lowest BCUT2D eigenvalue weighted by atomic mass is 9.96. The Morgan fingerprint density at radius 1 is 0.250 bits per heavy atom. The normalized spacial score (nSPS) is 23.7. The molecule has 248 valence electrons. The highest BCUT2D eigenvalue weighted by molar-refractivity contribution is 7.43. The molecule has 0 heterocycles. The van der Waals surface area contributed by atoms with E-state index >= 15 is 0 Å². The van der Waals surface area contributed by atoms with Crippen molar-refractivity contribution in [3.05, 3.63) is 89.2 Å². The van der Waals surface area contributed by atoms with Crippen LogP contribution >= 0.6 is 17.2 Å². The minimum atomic E-state index is 0. The van der Waals surface area contributed by atoms with Gasteiger partial charge in [0.05, 0.1) is 0 Å². The maximum Gasteiger partial charge on any atom is 0.116 e. The molecule has 0 radical (unpaired) electrons. The van der Waals surface area contributed by atoms with Crippen molar-refractivity contribution >= 4 is 17.2 Å². The Kier molecular flexibility index (Phi) is 12.7. The summed E-state index contributed by atoms with van der Waals surface area (Å²) in [6, 6.07) is 0. The van der Waals surface area contributed by atoms with E-state index in [4.69, 9.17) is 0 Å². The van der Waals surface area contributed by atoms with Crippen molar-refractivity contribution in [2.24, 2.45) is 0 Å². The number of hydrogen-bond acceptors (Lipinski definition) is 0. The maximum absolute atomic E-state index is 2.49. The third-order valence-electron chi connectivity index (χ3n) is 14.1. The molecule has 4 aliphatic carbocycles. The lowest BCUT2D eigenvalue weighted by Crippen LogP contribution is -3.00. The molecular formula is C40H64Cl2P2. The summed E-state index contributed by atoms with van der Waals surface area (Å²) >= 11 is 0. The standard InChI is InChI=1S/2C20H31P.2ClH/c2*1-11-12(2)16(6)19(9,15(11)5)21-20(10)17(7)13(3)14(4)18(20)8;;/h2*21H,1-10H3;2*1H.